The number of nitrogens with zero attached hydrogens (tertiary/aromatic N) is 1. The van der Waals surface area contributed by atoms with Crippen LogP contribution in [-0.4, -0.2) is 42.0 Å². The average molecular weight is 294 g/mol. The van der Waals surface area contributed by atoms with Crippen LogP contribution < -0.4 is 5.32 Å². The number of aromatic amines is 1. The minimum Gasteiger partial charge on any atom is -0.358 e. The summed E-state index contributed by atoms with van der Waals surface area (Å²) in [4.78, 5) is 17.7. The highest BCUT2D eigenvalue weighted by atomic mass is 35.5. The lowest BCUT2D eigenvalue weighted by atomic mass is 10.1. The molecular weight excluding hydrogens is 274 g/mol. The fourth-order valence-corrected chi connectivity index (χ4v) is 2.74. The van der Waals surface area contributed by atoms with Gasteiger partial charge in [-0.3, -0.25) is 4.79 Å². The van der Waals surface area contributed by atoms with E-state index in [9.17, 15) is 4.79 Å². The van der Waals surface area contributed by atoms with Crippen molar-refractivity contribution in [1.29, 1.82) is 0 Å². The summed E-state index contributed by atoms with van der Waals surface area (Å²) in [5.74, 6) is 0.231. The highest BCUT2D eigenvalue weighted by Crippen LogP contribution is 2.22. The van der Waals surface area contributed by atoms with Crippen LogP contribution in [0.5, 0.6) is 0 Å². The highest BCUT2D eigenvalue weighted by molar-refractivity contribution is 5.90. The van der Waals surface area contributed by atoms with Crippen LogP contribution in [0.2, 0.25) is 0 Å². The Hall–Kier alpha value is -1.52. The maximum Gasteiger partial charge on any atom is 0.227 e. The van der Waals surface area contributed by atoms with E-state index in [4.69, 9.17) is 0 Å². The molecule has 1 saturated heterocycles. The first-order valence-corrected chi connectivity index (χ1v) is 6.80. The van der Waals surface area contributed by atoms with Crippen molar-refractivity contribution in [2.45, 2.75) is 13.3 Å². The number of benzene rings is 1. The van der Waals surface area contributed by atoms with Crippen molar-refractivity contribution < 1.29 is 4.79 Å². The second-order valence-corrected chi connectivity index (χ2v) is 5.08. The molecule has 2 N–H and O–H groups in total. The van der Waals surface area contributed by atoms with Gasteiger partial charge >= 0.3 is 0 Å². The van der Waals surface area contributed by atoms with Crippen molar-refractivity contribution >= 4 is 29.2 Å². The Balaban J connectivity index is 0.00000147. The number of aromatic nitrogens is 1. The van der Waals surface area contributed by atoms with Crippen LogP contribution in [0.15, 0.2) is 24.3 Å². The van der Waals surface area contributed by atoms with Gasteiger partial charge in [0.05, 0.1) is 6.42 Å². The molecule has 5 heteroatoms. The molecule has 0 atom stereocenters. The Morgan fingerprint density at radius 3 is 2.70 bits per heavy atom. The third kappa shape index (κ3) is 2.81. The number of amides is 1. The topological polar surface area (TPSA) is 48.1 Å². The van der Waals surface area contributed by atoms with Gasteiger partial charge in [0, 0.05) is 42.8 Å². The molecule has 4 nitrogen and oxygen atoms in total. The normalized spacial score (nSPS) is 15.2. The van der Waals surface area contributed by atoms with Crippen molar-refractivity contribution in [3.63, 3.8) is 0 Å². The molecule has 0 aliphatic carbocycles. The average Bonchev–Trinajstić information content (AvgIpc) is 2.76. The molecule has 1 aromatic heterocycles. The monoisotopic (exact) mass is 293 g/mol. The number of halogens is 1. The number of hydrogen-bond acceptors (Lipinski definition) is 2. The van der Waals surface area contributed by atoms with Gasteiger partial charge in [0.15, 0.2) is 0 Å². The molecule has 1 aromatic carbocycles. The van der Waals surface area contributed by atoms with E-state index in [1.807, 2.05) is 24.0 Å². The Bertz CT molecular complexity index is 602. The third-order valence-electron chi connectivity index (χ3n) is 3.82. The summed E-state index contributed by atoms with van der Waals surface area (Å²) < 4.78 is 0. The van der Waals surface area contributed by atoms with Gasteiger partial charge in [-0.2, -0.15) is 0 Å². The minimum absolute atomic E-state index is 0. The number of nitrogens with one attached hydrogen (secondary N) is 2. The Kier molecular flexibility index (Phi) is 4.68. The first-order valence-electron chi connectivity index (χ1n) is 6.80. The van der Waals surface area contributed by atoms with Gasteiger partial charge in [-0.05, 0) is 18.6 Å². The molecule has 20 heavy (non-hydrogen) atoms. The van der Waals surface area contributed by atoms with Gasteiger partial charge in [0.2, 0.25) is 5.91 Å². The van der Waals surface area contributed by atoms with Crippen molar-refractivity contribution in [3.05, 3.63) is 35.5 Å². The van der Waals surface area contributed by atoms with Gasteiger partial charge in [-0.25, -0.2) is 0 Å². The summed E-state index contributed by atoms with van der Waals surface area (Å²) in [6, 6.07) is 8.18. The largest absolute Gasteiger partial charge is 0.358 e. The highest BCUT2D eigenvalue weighted by Gasteiger charge is 2.19. The summed E-state index contributed by atoms with van der Waals surface area (Å²) in [5.41, 5.74) is 3.35. The van der Waals surface area contributed by atoms with Crippen LogP contribution in [0.3, 0.4) is 0 Å². The standard InChI is InChI=1S/C15H19N3O.ClH/c1-11-13(12-4-2-3-5-14(12)17-11)10-15(19)18-8-6-16-7-9-18;/h2-5,16-17H,6-10H2,1H3;1H. The molecule has 0 bridgehead atoms. The molecule has 1 amide bonds. The molecule has 2 aromatic rings. The van der Waals surface area contributed by atoms with Crippen molar-refractivity contribution in [1.82, 2.24) is 15.2 Å². The minimum atomic E-state index is 0. The SMILES string of the molecule is Cc1[nH]c2ccccc2c1CC(=O)N1CCNCC1.Cl. The van der Waals surface area contributed by atoms with E-state index in [1.54, 1.807) is 0 Å². The maximum absolute atomic E-state index is 12.3. The fraction of sp³-hybridized carbons (Fsp3) is 0.400. The molecule has 3 rings (SSSR count). The molecule has 108 valence electrons. The lowest BCUT2D eigenvalue weighted by Crippen LogP contribution is -2.46. The van der Waals surface area contributed by atoms with E-state index in [0.29, 0.717) is 6.42 Å². The number of carbonyl (C=O) groups excluding carboxylic acids is 1. The molecule has 1 aliphatic heterocycles. The van der Waals surface area contributed by atoms with Gasteiger partial charge in [0.1, 0.15) is 0 Å². The van der Waals surface area contributed by atoms with Crippen molar-refractivity contribution in [2.24, 2.45) is 0 Å². The van der Waals surface area contributed by atoms with Crippen LogP contribution in [0.4, 0.5) is 0 Å². The van der Waals surface area contributed by atoms with Crippen LogP contribution in [0, 0.1) is 6.92 Å². The van der Waals surface area contributed by atoms with Crippen LogP contribution in [-0.2, 0) is 11.2 Å². The van der Waals surface area contributed by atoms with Crippen LogP contribution in [0.1, 0.15) is 11.3 Å². The second-order valence-electron chi connectivity index (χ2n) is 5.08. The summed E-state index contributed by atoms with van der Waals surface area (Å²) in [7, 11) is 0. The zero-order valence-corrected chi connectivity index (χ0v) is 12.4. The van der Waals surface area contributed by atoms with E-state index >= 15 is 0 Å². The summed E-state index contributed by atoms with van der Waals surface area (Å²) in [5, 5.41) is 4.44. The van der Waals surface area contributed by atoms with Gasteiger partial charge in [0.25, 0.3) is 0 Å². The van der Waals surface area contributed by atoms with Crippen molar-refractivity contribution in [2.75, 3.05) is 26.2 Å². The lowest BCUT2D eigenvalue weighted by Gasteiger charge is -2.27. The molecule has 0 saturated carbocycles. The predicted molar refractivity (Wildman–Crippen MR) is 83.4 cm³/mol. The van der Waals surface area contributed by atoms with E-state index in [-0.39, 0.29) is 18.3 Å². The Morgan fingerprint density at radius 2 is 1.95 bits per heavy atom. The number of para-hydroxylation sites is 1. The van der Waals surface area contributed by atoms with Crippen LogP contribution in [0.25, 0.3) is 10.9 Å². The van der Waals surface area contributed by atoms with Gasteiger partial charge in [-0.1, -0.05) is 18.2 Å². The molecule has 0 unspecified atom stereocenters. The Labute approximate surface area is 124 Å². The number of H-pyrrole nitrogens is 1. The third-order valence-corrected chi connectivity index (χ3v) is 3.82. The number of piperazine rings is 1. The molecule has 1 fully saturated rings. The zero-order chi connectivity index (χ0) is 13.2. The number of fused-ring (bicyclic) bond motifs is 1. The van der Waals surface area contributed by atoms with Gasteiger partial charge < -0.3 is 15.2 Å². The predicted octanol–water partition coefficient (Wildman–Crippen LogP) is 1.87. The molecule has 0 radical (unpaired) electrons. The quantitative estimate of drug-likeness (QED) is 0.888. The molecule has 1 aliphatic rings. The van der Waals surface area contributed by atoms with E-state index in [1.165, 1.54) is 5.39 Å². The smallest absolute Gasteiger partial charge is 0.227 e. The van der Waals surface area contributed by atoms with Crippen molar-refractivity contribution in [3.8, 4) is 0 Å². The number of hydrogen-bond donors (Lipinski definition) is 2. The van der Waals surface area contributed by atoms with Gasteiger partial charge in [-0.15, -0.1) is 12.4 Å². The maximum atomic E-state index is 12.3. The molecule has 2 heterocycles. The Morgan fingerprint density at radius 1 is 1.25 bits per heavy atom. The zero-order valence-electron chi connectivity index (χ0n) is 11.6. The van der Waals surface area contributed by atoms with E-state index < -0.39 is 0 Å². The second kappa shape index (κ2) is 6.29. The number of carbonyl (C=O) groups is 1. The lowest BCUT2D eigenvalue weighted by molar-refractivity contribution is -0.131. The summed E-state index contributed by atoms with van der Waals surface area (Å²) in [6.45, 7) is 5.48. The first kappa shape index (κ1) is 14.9. The number of aryl methyl sites for hydroxylation is 1. The van der Waals surface area contributed by atoms with E-state index in [0.717, 1.165) is 43.0 Å². The molecule has 0 spiro atoms. The van der Waals surface area contributed by atoms with Crippen LogP contribution >= 0.6 is 12.4 Å². The summed E-state index contributed by atoms with van der Waals surface area (Å²) >= 11 is 0. The molecular formula is C15H20ClN3O. The summed E-state index contributed by atoms with van der Waals surface area (Å²) in [6.07, 6.45) is 0.496. The number of rotatable bonds is 2. The van der Waals surface area contributed by atoms with E-state index in [2.05, 4.69) is 22.4 Å². The first-order chi connectivity index (χ1) is 9.25. The fourth-order valence-electron chi connectivity index (χ4n) is 2.74.